The number of ketones is 1. The smallest absolute Gasteiger partial charge is 0.354 e. The number of amides is 1. The summed E-state index contributed by atoms with van der Waals surface area (Å²) >= 11 is 0. The van der Waals surface area contributed by atoms with Crippen LogP contribution >= 0.6 is 0 Å². The van der Waals surface area contributed by atoms with Gasteiger partial charge in [-0.25, -0.2) is 9.78 Å². The number of rotatable bonds is 7. The van der Waals surface area contributed by atoms with E-state index in [9.17, 15) is 19.5 Å². The van der Waals surface area contributed by atoms with E-state index in [-0.39, 0.29) is 17.0 Å². The predicted molar refractivity (Wildman–Crippen MR) is 129 cm³/mol. The van der Waals surface area contributed by atoms with Gasteiger partial charge in [0.1, 0.15) is 11.5 Å². The van der Waals surface area contributed by atoms with Crippen molar-refractivity contribution < 1.29 is 24.2 Å². The number of aromatic nitrogens is 3. The Labute approximate surface area is 203 Å². The Balaban J connectivity index is 1.79. The lowest BCUT2D eigenvalue weighted by atomic mass is 9.93. The summed E-state index contributed by atoms with van der Waals surface area (Å²) in [5, 5.41) is 11.4. The summed E-state index contributed by atoms with van der Waals surface area (Å²) in [7, 11) is 1.27. The fourth-order valence-electron chi connectivity index (χ4n) is 4.59. The van der Waals surface area contributed by atoms with Gasteiger partial charge in [-0.2, -0.15) is 0 Å². The van der Waals surface area contributed by atoms with Gasteiger partial charge >= 0.3 is 5.97 Å². The molecule has 9 heteroatoms. The molecule has 1 aliphatic heterocycles. The van der Waals surface area contributed by atoms with Gasteiger partial charge in [0.15, 0.2) is 0 Å². The highest BCUT2D eigenvalue weighted by atomic mass is 16.5. The molecule has 1 aromatic carbocycles. The van der Waals surface area contributed by atoms with Gasteiger partial charge < -0.3 is 24.3 Å². The van der Waals surface area contributed by atoms with Crippen LogP contribution in [-0.2, 0) is 20.9 Å². The maximum atomic E-state index is 13.3. The number of benzene rings is 1. The van der Waals surface area contributed by atoms with Crippen molar-refractivity contribution >= 4 is 23.4 Å². The van der Waals surface area contributed by atoms with Crippen LogP contribution in [0.15, 0.2) is 48.6 Å². The maximum Gasteiger partial charge on any atom is 0.354 e. The average molecular weight is 477 g/mol. The van der Waals surface area contributed by atoms with Crippen molar-refractivity contribution in [3.63, 3.8) is 0 Å². The van der Waals surface area contributed by atoms with E-state index in [0.717, 1.165) is 11.1 Å². The first-order valence-corrected chi connectivity index (χ1v) is 11.3. The van der Waals surface area contributed by atoms with E-state index < -0.39 is 23.7 Å². The van der Waals surface area contributed by atoms with Crippen LogP contribution in [0.3, 0.4) is 0 Å². The number of Topliss-reactive ketones (excluding diaryl/α,β-unsaturated/α-hetero) is 1. The van der Waals surface area contributed by atoms with Gasteiger partial charge in [0.05, 0.1) is 25.1 Å². The monoisotopic (exact) mass is 476 g/mol. The molecular formula is C26H28N4O5. The third-order valence-corrected chi connectivity index (χ3v) is 6.37. The summed E-state index contributed by atoms with van der Waals surface area (Å²) in [5.74, 6) is -2.32. The average Bonchev–Trinajstić information content (AvgIpc) is 3.52. The Kier molecular flexibility index (Phi) is 6.59. The Morgan fingerprint density at radius 3 is 2.49 bits per heavy atom. The van der Waals surface area contributed by atoms with Crippen molar-refractivity contribution in [3.05, 3.63) is 82.2 Å². The number of carbonyl (C=O) groups is 3. The van der Waals surface area contributed by atoms with E-state index in [2.05, 4.69) is 9.97 Å². The van der Waals surface area contributed by atoms with Crippen LogP contribution < -0.4 is 0 Å². The molecule has 1 aliphatic rings. The molecule has 182 valence electrons. The molecule has 3 aromatic rings. The number of methoxy groups -OCH3 is 1. The van der Waals surface area contributed by atoms with Gasteiger partial charge in [-0.05, 0) is 38.3 Å². The zero-order valence-electron chi connectivity index (χ0n) is 20.2. The number of ether oxygens (including phenoxy) is 1. The van der Waals surface area contributed by atoms with E-state index in [0.29, 0.717) is 36.3 Å². The zero-order chi connectivity index (χ0) is 25.3. The van der Waals surface area contributed by atoms with E-state index in [1.165, 1.54) is 12.0 Å². The van der Waals surface area contributed by atoms with Crippen LogP contribution in [0.25, 0.3) is 5.76 Å². The quantitative estimate of drug-likeness (QED) is 0.233. The molecule has 0 spiro atoms. The Hall–Kier alpha value is -4.14. The lowest BCUT2D eigenvalue weighted by molar-refractivity contribution is -0.139. The number of aliphatic hydroxyl groups is 1. The molecule has 2 N–H and O–H groups in total. The van der Waals surface area contributed by atoms with Gasteiger partial charge in [-0.15, -0.1) is 0 Å². The second-order valence-corrected chi connectivity index (χ2v) is 8.67. The normalized spacial score (nSPS) is 17.3. The van der Waals surface area contributed by atoms with Gasteiger partial charge in [-0.3, -0.25) is 9.59 Å². The molecule has 4 rings (SSSR count). The first kappa shape index (κ1) is 24.0. The van der Waals surface area contributed by atoms with Crippen molar-refractivity contribution in [2.45, 2.75) is 39.8 Å². The molecule has 1 atom stereocenters. The minimum atomic E-state index is -0.756. The Morgan fingerprint density at radius 1 is 1.14 bits per heavy atom. The number of esters is 1. The molecular weight excluding hydrogens is 448 g/mol. The topological polar surface area (TPSA) is 118 Å². The fourth-order valence-corrected chi connectivity index (χ4v) is 4.59. The highest BCUT2D eigenvalue weighted by molar-refractivity contribution is 6.46. The van der Waals surface area contributed by atoms with Gasteiger partial charge in [0, 0.05) is 36.7 Å². The van der Waals surface area contributed by atoms with Crippen molar-refractivity contribution in [1.29, 1.82) is 0 Å². The van der Waals surface area contributed by atoms with E-state index in [1.54, 1.807) is 26.4 Å². The van der Waals surface area contributed by atoms with Crippen LogP contribution in [0.2, 0.25) is 0 Å². The number of nitrogens with zero attached hydrogens (tertiary/aromatic N) is 3. The molecule has 1 fully saturated rings. The summed E-state index contributed by atoms with van der Waals surface area (Å²) in [5.41, 5.74) is 3.20. The molecule has 35 heavy (non-hydrogen) atoms. The van der Waals surface area contributed by atoms with Crippen molar-refractivity contribution in [2.75, 3.05) is 13.7 Å². The highest BCUT2D eigenvalue weighted by Gasteiger charge is 2.46. The number of aryl methyl sites for hydroxylation is 3. The van der Waals surface area contributed by atoms with Crippen LogP contribution in [0, 0.1) is 20.8 Å². The second-order valence-electron chi connectivity index (χ2n) is 8.67. The number of H-pyrrole nitrogens is 1. The molecule has 3 heterocycles. The standard InChI is InChI=1S/C26H28N4O5/c1-15-6-8-18(9-7-15)22-20(23(31)19-16(2)21(26(34)35-4)28-17(19)3)24(32)25(33)30(22)12-5-11-29-13-10-27-14-29/h6-10,13-14,22,28,31H,5,11-12H2,1-4H3/b23-20+/t22-/m0/s1. The molecule has 0 aliphatic carbocycles. The number of imidazole rings is 1. The summed E-state index contributed by atoms with van der Waals surface area (Å²) in [6.07, 6.45) is 5.81. The Bertz CT molecular complexity index is 1300. The number of carbonyl (C=O) groups excluding carboxylic acids is 3. The van der Waals surface area contributed by atoms with Crippen LogP contribution in [0.1, 0.15) is 50.9 Å². The third-order valence-electron chi connectivity index (χ3n) is 6.37. The lowest BCUT2D eigenvalue weighted by Crippen LogP contribution is -2.31. The zero-order valence-corrected chi connectivity index (χ0v) is 20.2. The van der Waals surface area contributed by atoms with Crippen molar-refractivity contribution in [3.8, 4) is 0 Å². The minimum Gasteiger partial charge on any atom is -0.507 e. The van der Waals surface area contributed by atoms with Crippen LogP contribution in [0.5, 0.6) is 0 Å². The van der Waals surface area contributed by atoms with E-state index >= 15 is 0 Å². The SMILES string of the molecule is COC(=O)c1[nH]c(C)c(/C(O)=C2\C(=O)C(=O)N(CCCn3ccnc3)[C@H]2c2ccc(C)cc2)c1C. The van der Waals surface area contributed by atoms with Crippen molar-refractivity contribution in [2.24, 2.45) is 0 Å². The van der Waals surface area contributed by atoms with Gasteiger partial charge in [0.25, 0.3) is 11.7 Å². The molecule has 0 bridgehead atoms. The van der Waals surface area contributed by atoms with Gasteiger partial charge in [0.2, 0.25) is 0 Å². The number of hydrogen-bond donors (Lipinski definition) is 2. The van der Waals surface area contributed by atoms with E-state index in [4.69, 9.17) is 4.74 Å². The summed E-state index contributed by atoms with van der Waals surface area (Å²) in [6, 6.07) is 6.78. The molecule has 1 amide bonds. The first-order valence-electron chi connectivity index (χ1n) is 11.3. The minimum absolute atomic E-state index is 0.00287. The maximum absolute atomic E-state index is 13.3. The van der Waals surface area contributed by atoms with Gasteiger partial charge in [-0.1, -0.05) is 29.8 Å². The molecule has 0 unspecified atom stereocenters. The molecule has 9 nitrogen and oxygen atoms in total. The molecule has 2 aromatic heterocycles. The Morgan fingerprint density at radius 2 is 1.86 bits per heavy atom. The molecule has 0 saturated carbocycles. The summed E-state index contributed by atoms with van der Waals surface area (Å²) in [6.45, 7) is 6.24. The van der Waals surface area contributed by atoms with Crippen molar-refractivity contribution in [1.82, 2.24) is 19.4 Å². The van der Waals surface area contributed by atoms with Crippen LogP contribution in [0.4, 0.5) is 0 Å². The number of nitrogens with one attached hydrogen (secondary N) is 1. The molecule has 0 radical (unpaired) electrons. The number of aliphatic hydroxyl groups excluding tert-OH is 1. The number of likely N-dealkylation sites (tertiary alicyclic amines) is 1. The van der Waals surface area contributed by atoms with Crippen LogP contribution in [-0.4, -0.2) is 55.9 Å². The lowest BCUT2D eigenvalue weighted by Gasteiger charge is -2.25. The second kappa shape index (κ2) is 9.61. The first-order chi connectivity index (χ1) is 16.7. The third kappa shape index (κ3) is 4.37. The number of hydrogen-bond acceptors (Lipinski definition) is 6. The fraction of sp³-hybridized carbons (Fsp3) is 0.308. The summed E-state index contributed by atoms with van der Waals surface area (Å²) in [4.78, 5) is 47.0. The molecule has 1 saturated heterocycles. The summed E-state index contributed by atoms with van der Waals surface area (Å²) < 4.78 is 6.72. The number of aromatic amines is 1. The largest absolute Gasteiger partial charge is 0.507 e. The predicted octanol–water partition coefficient (Wildman–Crippen LogP) is 3.44. The van der Waals surface area contributed by atoms with E-state index in [1.807, 2.05) is 42.0 Å². The highest BCUT2D eigenvalue weighted by Crippen LogP contribution is 2.41.